The van der Waals surface area contributed by atoms with Crippen molar-refractivity contribution >= 4 is 16.7 Å². The molecular weight excluding hydrogens is 302 g/mol. The Morgan fingerprint density at radius 2 is 1.96 bits per heavy atom. The molecule has 118 valence electrons. The van der Waals surface area contributed by atoms with Crippen LogP contribution in [-0.4, -0.2) is 16.1 Å². The van der Waals surface area contributed by atoms with Crippen LogP contribution in [0.2, 0.25) is 0 Å². The van der Waals surface area contributed by atoms with Gasteiger partial charge in [-0.25, -0.2) is 0 Å². The fourth-order valence-corrected chi connectivity index (χ4v) is 2.70. The van der Waals surface area contributed by atoms with Crippen LogP contribution in [0, 0.1) is 0 Å². The van der Waals surface area contributed by atoms with Gasteiger partial charge in [0.1, 0.15) is 11.5 Å². The van der Waals surface area contributed by atoms with E-state index in [1.165, 1.54) is 0 Å². The van der Waals surface area contributed by atoms with E-state index in [1.807, 2.05) is 30.3 Å². The van der Waals surface area contributed by atoms with Crippen molar-refractivity contribution in [3.05, 3.63) is 78.4 Å². The lowest BCUT2D eigenvalue weighted by molar-refractivity contribution is 0.0943. The molecule has 5 nitrogen and oxygen atoms in total. The Labute approximate surface area is 138 Å². The van der Waals surface area contributed by atoms with E-state index in [9.17, 15) is 4.79 Å². The predicted molar refractivity (Wildman–Crippen MR) is 91.4 cm³/mol. The van der Waals surface area contributed by atoms with Gasteiger partial charge in [0, 0.05) is 5.56 Å². The number of H-pyrrole nitrogens is 1. The molecule has 2 aromatic carbocycles. The van der Waals surface area contributed by atoms with Crippen LogP contribution in [0.15, 0.2) is 71.3 Å². The first-order chi connectivity index (χ1) is 11.8. The van der Waals surface area contributed by atoms with Gasteiger partial charge < -0.3 is 9.73 Å². The number of aromatic nitrogens is 2. The summed E-state index contributed by atoms with van der Waals surface area (Å²) in [7, 11) is 0. The molecule has 24 heavy (non-hydrogen) atoms. The number of fused-ring (bicyclic) bond motifs is 1. The van der Waals surface area contributed by atoms with Gasteiger partial charge in [0.2, 0.25) is 0 Å². The van der Waals surface area contributed by atoms with Crippen molar-refractivity contribution in [1.29, 1.82) is 0 Å². The molecule has 2 aromatic heterocycles. The third-order valence-electron chi connectivity index (χ3n) is 3.89. The normalized spacial score (nSPS) is 10.8. The van der Waals surface area contributed by atoms with E-state index in [-0.39, 0.29) is 5.91 Å². The van der Waals surface area contributed by atoms with Gasteiger partial charge in [-0.15, -0.1) is 0 Å². The summed E-state index contributed by atoms with van der Waals surface area (Å²) in [5.41, 5.74) is 2.16. The molecule has 5 heteroatoms. The molecule has 0 radical (unpaired) electrons. The molecular formula is C19H15N3O2. The largest absolute Gasteiger partial charge is 0.467 e. The van der Waals surface area contributed by atoms with Crippen molar-refractivity contribution < 1.29 is 9.21 Å². The van der Waals surface area contributed by atoms with Crippen LogP contribution in [-0.2, 0) is 6.54 Å². The fraction of sp³-hybridized carbons (Fsp3) is 0.0526. The lowest BCUT2D eigenvalue weighted by Gasteiger charge is -2.03. The topological polar surface area (TPSA) is 70.9 Å². The van der Waals surface area contributed by atoms with E-state index in [0.29, 0.717) is 18.0 Å². The molecule has 0 bridgehead atoms. The smallest absolute Gasteiger partial charge is 0.269 e. The first kappa shape index (κ1) is 14.3. The third kappa shape index (κ3) is 2.67. The average molecular weight is 317 g/mol. The summed E-state index contributed by atoms with van der Waals surface area (Å²) in [5.74, 6) is 0.488. The quantitative estimate of drug-likeness (QED) is 0.602. The Morgan fingerprint density at radius 3 is 2.83 bits per heavy atom. The molecule has 0 fully saturated rings. The summed E-state index contributed by atoms with van der Waals surface area (Å²) in [6.07, 6.45) is 1.58. The average Bonchev–Trinajstić information content (AvgIpc) is 3.31. The molecule has 4 rings (SSSR count). The second-order valence-corrected chi connectivity index (χ2v) is 5.46. The molecule has 0 spiro atoms. The number of amides is 1. The Hall–Kier alpha value is -3.34. The van der Waals surface area contributed by atoms with E-state index in [1.54, 1.807) is 18.4 Å². The van der Waals surface area contributed by atoms with Crippen LogP contribution < -0.4 is 5.32 Å². The maximum Gasteiger partial charge on any atom is 0.269 e. The van der Waals surface area contributed by atoms with E-state index in [0.717, 1.165) is 22.0 Å². The van der Waals surface area contributed by atoms with Crippen molar-refractivity contribution in [1.82, 2.24) is 15.5 Å². The highest BCUT2D eigenvalue weighted by atomic mass is 16.3. The number of nitrogens with one attached hydrogen (secondary N) is 2. The molecule has 0 aliphatic rings. The highest BCUT2D eigenvalue weighted by Crippen LogP contribution is 2.27. The minimum atomic E-state index is -0.217. The van der Waals surface area contributed by atoms with Crippen LogP contribution in [0.5, 0.6) is 0 Å². The molecule has 2 heterocycles. The van der Waals surface area contributed by atoms with Gasteiger partial charge in [0.25, 0.3) is 5.91 Å². The van der Waals surface area contributed by atoms with Gasteiger partial charge in [0.05, 0.1) is 18.5 Å². The minimum absolute atomic E-state index is 0.217. The van der Waals surface area contributed by atoms with Crippen LogP contribution in [0.1, 0.15) is 16.2 Å². The van der Waals surface area contributed by atoms with Crippen molar-refractivity contribution in [3.8, 4) is 11.3 Å². The second kappa shape index (κ2) is 6.04. The van der Waals surface area contributed by atoms with Gasteiger partial charge in [-0.3, -0.25) is 9.89 Å². The molecule has 0 unspecified atom stereocenters. The number of furan rings is 1. The molecule has 2 N–H and O–H groups in total. The van der Waals surface area contributed by atoms with Crippen LogP contribution in [0.4, 0.5) is 0 Å². The first-order valence-corrected chi connectivity index (χ1v) is 7.65. The van der Waals surface area contributed by atoms with Crippen molar-refractivity contribution in [2.45, 2.75) is 6.54 Å². The standard InChI is InChI=1S/C19H15N3O2/c23-19(20-12-14-7-4-10-24-14)18-11-17(21-22-18)16-9-3-6-13-5-1-2-8-15(13)16/h1-11H,12H2,(H,20,23)(H,21,22). The lowest BCUT2D eigenvalue weighted by atomic mass is 10.0. The van der Waals surface area contributed by atoms with E-state index < -0.39 is 0 Å². The van der Waals surface area contributed by atoms with Crippen LogP contribution in [0.25, 0.3) is 22.0 Å². The van der Waals surface area contributed by atoms with E-state index >= 15 is 0 Å². The number of hydrogen-bond donors (Lipinski definition) is 2. The summed E-state index contributed by atoms with van der Waals surface area (Å²) < 4.78 is 5.20. The van der Waals surface area contributed by atoms with E-state index in [4.69, 9.17) is 4.42 Å². The first-order valence-electron chi connectivity index (χ1n) is 7.65. The molecule has 0 aliphatic heterocycles. The minimum Gasteiger partial charge on any atom is -0.467 e. The van der Waals surface area contributed by atoms with Gasteiger partial charge >= 0.3 is 0 Å². The van der Waals surface area contributed by atoms with Gasteiger partial charge in [-0.1, -0.05) is 42.5 Å². The van der Waals surface area contributed by atoms with Gasteiger partial charge in [-0.05, 0) is 29.0 Å². The zero-order valence-electron chi connectivity index (χ0n) is 12.8. The lowest BCUT2D eigenvalue weighted by Crippen LogP contribution is -2.22. The number of aromatic amines is 1. The van der Waals surface area contributed by atoms with Crippen molar-refractivity contribution in [2.24, 2.45) is 0 Å². The summed E-state index contributed by atoms with van der Waals surface area (Å²) in [6, 6.07) is 19.5. The van der Waals surface area contributed by atoms with Gasteiger partial charge in [0.15, 0.2) is 0 Å². The van der Waals surface area contributed by atoms with Crippen LogP contribution >= 0.6 is 0 Å². The third-order valence-corrected chi connectivity index (χ3v) is 3.89. The summed E-state index contributed by atoms with van der Waals surface area (Å²) >= 11 is 0. The Morgan fingerprint density at radius 1 is 1.08 bits per heavy atom. The summed E-state index contributed by atoms with van der Waals surface area (Å²) in [4.78, 5) is 12.2. The highest BCUT2D eigenvalue weighted by molar-refractivity contribution is 5.98. The molecule has 0 atom stereocenters. The highest BCUT2D eigenvalue weighted by Gasteiger charge is 2.12. The fourth-order valence-electron chi connectivity index (χ4n) is 2.70. The number of carbonyl (C=O) groups excluding carboxylic acids is 1. The number of benzene rings is 2. The molecule has 1 amide bonds. The number of rotatable bonds is 4. The maximum atomic E-state index is 12.2. The number of nitrogens with zero attached hydrogens (tertiary/aromatic N) is 1. The zero-order chi connectivity index (χ0) is 16.4. The molecule has 4 aromatic rings. The predicted octanol–water partition coefficient (Wildman–Crippen LogP) is 3.75. The van der Waals surface area contributed by atoms with Crippen LogP contribution in [0.3, 0.4) is 0 Å². The monoisotopic (exact) mass is 317 g/mol. The Kier molecular flexibility index (Phi) is 3.59. The molecule has 0 saturated heterocycles. The Bertz CT molecular complexity index is 981. The Balaban J connectivity index is 1.59. The molecule has 0 aliphatic carbocycles. The summed E-state index contributed by atoms with van der Waals surface area (Å²) in [5, 5.41) is 12.1. The number of hydrogen-bond acceptors (Lipinski definition) is 3. The van der Waals surface area contributed by atoms with Crippen molar-refractivity contribution in [3.63, 3.8) is 0 Å². The second-order valence-electron chi connectivity index (χ2n) is 5.46. The van der Waals surface area contributed by atoms with Gasteiger partial charge in [-0.2, -0.15) is 5.10 Å². The SMILES string of the molecule is O=C(NCc1ccco1)c1cc(-c2cccc3ccccc23)n[nH]1. The zero-order valence-corrected chi connectivity index (χ0v) is 12.8. The van der Waals surface area contributed by atoms with E-state index in [2.05, 4.69) is 33.7 Å². The van der Waals surface area contributed by atoms with Crippen molar-refractivity contribution in [2.75, 3.05) is 0 Å². The maximum absolute atomic E-state index is 12.2. The summed E-state index contributed by atoms with van der Waals surface area (Å²) in [6.45, 7) is 0.342. The number of carbonyl (C=O) groups is 1. The molecule has 0 saturated carbocycles.